The number of methoxy groups -OCH3 is 2. The Hall–Kier alpha value is -1.52. The van der Waals surface area contributed by atoms with Crippen LogP contribution in [0.25, 0.3) is 0 Å². The standard InChI is InChI=1S/C15H19NO2S/c1-4-16-15(11-5-6-19-10-11)12-7-13(17-2)9-14(8-12)18-3/h5-10,15-16H,4H2,1-3H3. The molecule has 0 amide bonds. The molecule has 3 nitrogen and oxygen atoms in total. The van der Waals surface area contributed by atoms with E-state index in [2.05, 4.69) is 29.1 Å². The molecule has 0 spiro atoms. The van der Waals surface area contributed by atoms with Gasteiger partial charge in [0, 0.05) is 6.07 Å². The van der Waals surface area contributed by atoms with Crippen molar-refractivity contribution >= 4 is 11.3 Å². The first-order valence-electron chi connectivity index (χ1n) is 6.27. The highest BCUT2D eigenvalue weighted by molar-refractivity contribution is 7.08. The maximum absolute atomic E-state index is 5.34. The van der Waals surface area contributed by atoms with Crippen molar-refractivity contribution in [2.75, 3.05) is 20.8 Å². The number of benzene rings is 1. The Kier molecular flexibility index (Phi) is 4.82. The van der Waals surface area contributed by atoms with Gasteiger partial charge in [-0.3, -0.25) is 0 Å². The van der Waals surface area contributed by atoms with E-state index in [-0.39, 0.29) is 6.04 Å². The van der Waals surface area contributed by atoms with Crippen molar-refractivity contribution in [3.63, 3.8) is 0 Å². The van der Waals surface area contributed by atoms with Crippen LogP contribution in [0.4, 0.5) is 0 Å². The third-order valence-electron chi connectivity index (χ3n) is 2.99. The first kappa shape index (κ1) is 13.9. The van der Waals surface area contributed by atoms with Crippen molar-refractivity contribution in [3.8, 4) is 11.5 Å². The minimum absolute atomic E-state index is 0.167. The number of ether oxygens (including phenoxy) is 2. The minimum Gasteiger partial charge on any atom is -0.497 e. The molecule has 19 heavy (non-hydrogen) atoms. The third kappa shape index (κ3) is 3.28. The number of hydrogen-bond donors (Lipinski definition) is 1. The molecule has 0 saturated carbocycles. The summed E-state index contributed by atoms with van der Waals surface area (Å²) < 4.78 is 10.7. The van der Waals surface area contributed by atoms with Gasteiger partial charge in [-0.1, -0.05) is 6.92 Å². The Morgan fingerprint density at radius 3 is 2.26 bits per heavy atom. The molecule has 0 aliphatic heterocycles. The molecule has 1 aromatic carbocycles. The Bertz CT molecular complexity index is 489. The molecule has 1 N–H and O–H groups in total. The third-order valence-corrected chi connectivity index (χ3v) is 3.69. The smallest absolute Gasteiger partial charge is 0.122 e. The van der Waals surface area contributed by atoms with E-state index in [1.165, 1.54) is 5.56 Å². The molecular formula is C15H19NO2S. The first-order valence-corrected chi connectivity index (χ1v) is 7.21. The van der Waals surface area contributed by atoms with Gasteiger partial charge in [-0.2, -0.15) is 11.3 Å². The molecule has 1 unspecified atom stereocenters. The van der Waals surface area contributed by atoms with E-state index in [0.717, 1.165) is 23.6 Å². The molecular weight excluding hydrogens is 258 g/mol. The van der Waals surface area contributed by atoms with E-state index in [1.807, 2.05) is 18.2 Å². The second kappa shape index (κ2) is 6.59. The van der Waals surface area contributed by atoms with Gasteiger partial charge in [-0.15, -0.1) is 0 Å². The summed E-state index contributed by atoms with van der Waals surface area (Å²) in [6, 6.07) is 8.30. The molecule has 0 bridgehead atoms. The van der Waals surface area contributed by atoms with Gasteiger partial charge >= 0.3 is 0 Å². The lowest BCUT2D eigenvalue weighted by molar-refractivity contribution is 0.392. The molecule has 1 heterocycles. The maximum atomic E-state index is 5.34. The highest BCUT2D eigenvalue weighted by Gasteiger charge is 2.15. The highest BCUT2D eigenvalue weighted by atomic mass is 32.1. The summed E-state index contributed by atoms with van der Waals surface area (Å²) in [6.07, 6.45) is 0. The Balaban J connectivity index is 2.41. The van der Waals surface area contributed by atoms with Crippen molar-refractivity contribution in [2.24, 2.45) is 0 Å². The average Bonchev–Trinajstić information content (AvgIpc) is 2.97. The number of hydrogen-bond acceptors (Lipinski definition) is 4. The fourth-order valence-corrected chi connectivity index (χ4v) is 2.75. The van der Waals surface area contributed by atoms with Crippen LogP contribution in [0.5, 0.6) is 11.5 Å². The van der Waals surface area contributed by atoms with Crippen LogP contribution in [0.2, 0.25) is 0 Å². The zero-order valence-electron chi connectivity index (χ0n) is 11.5. The van der Waals surface area contributed by atoms with Crippen molar-refractivity contribution in [2.45, 2.75) is 13.0 Å². The largest absolute Gasteiger partial charge is 0.497 e. The number of rotatable bonds is 6. The number of thiophene rings is 1. The van der Waals surface area contributed by atoms with Crippen molar-refractivity contribution in [1.29, 1.82) is 0 Å². The van der Waals surface area contributed by atoms with E-state index >= 15 is 0 Å². The Morgan fingerprint density at radius 2 is 1.79 bits per heavy atom. The van der Waals surface area contributed by atoms with E-state index in [0.29, 0.717) is 0 Å². The van der Waals surface area contributed by atoms with Crippen molar-refractivity contribution < 1.29 is 9.47 Å². The lowest BCUT2D eigenvalue weighted by Gasteiger charge is -2.19. The molecule has 0 radical (unpaired) electrons. The normalized spacial score (nSPS) is 12.2. The Morgan fingerprint density at radius 1 is 1.11 bits per heavy atom. The molecule has 0 fully saturated rings. The van der Waals surface area contributed by atoms with Crippen LogP contribution in [0.15, 0.2) is 35.0 Å². The van der Waals surface area contributed by atoms with Gasteiger partial charge in [0.1, 0.15) is 11.5 Å². The highest BCUT2D eigenvalue weighted by Crippen LogP contribution is 2.30. The second-order valence-electron chi connectivity index (χ2n) is 4.19. The van der Waals surface area contributed by atoms with Crippen molar-refractivity contribution in [1.82, 2.24) is 5.32 Å². The molecule has 102 valence electrons. The maximum Gasteiger partial charge on any atom is 0.122 e. The van der Waals surface area contributed by atoms with Crippen LogP contribution in [0.1, 0.15) is 24.1 Å². The van der Waals surface area contributed by atoms with E-state index in [4.69, 9.17) is 9.47 Å². The summed E-state index contributed by atoms with van der Waals surface area (Å²) in [6.45, 7) is 3.01. The summed E-state index contributed by atoms with van der Waals surface area (Å²) >= 11 is 1.71. The first-order chi connectivity index (χ1) is 9.28. The minimum atomic E-state index is 0.167. The van der Waals surface area contributed by atoms with E-state index in [1.54, 1.807) is 25.6 Å². The van der Waals surface area contributed by atoms with Gasteiger partial charge in [-0.25, -0.2) is 0 Å². The fourth-order valence-electron chi connectivity index (χ4n) is 2.07. The molecule has 0 saturated heterocycles. The quantitative estimate of drug-likeness (QED) is 0.877. The summed E-state index contributed by atoms with van der Waals surface area (Å²) in [5, 5.41) is 7.76. The number of nitrogens with one attached hydrogen (secondary N) is 1. The van der Waals surface area contributed by atoms with Gasteiger partial charge in [0.15, 0.2) is 0 Å². The molecule has 0 aliphatic carbocycles. The van der Waals surface area contributed by atoms with Crippen LogP contribution in [-0.2, 0) is 0 Å². The van der Waals surface area contributed by atoms with Gasteiger partial charge < -0.3 is 14.8 Å². The molecule has 1 atom stereocenters. The van der Waals surface area contributed by atoms with Crippen LogP contribution >= 0.6 is 11.3 Å². The Labute approximate surface area is 118 Å². The molecule has 2 rings (SSSR count). The van der Waals surface area contributed by atoms with Gasteiger partial charge in [0.05, 0.1) is 20.3 Å². The summed E-state index contributed by atoms with van der Waals surface area (Å²) in [4.78, 5) is 0. The summed E-state index contributed by atoms with van der Waals surface area (Å²) in [5.74, 6) is 1.62. The zero-order valence-corrected chi connectivity index (χ0v) is 12.3. The van der Waals surface area contributed by atoms with Gasteiger partial charge in [0.2, 0.25) is 0 Å². The van der Waals surface area contributed by atoms with E-state index in [9.17, 15) is 0 Å². The van der Waals surface area contributed by atoms with Gasteiger partial charge in [0.25, 0.3) is 0 Å². The van der Waals surface area contributed by atoms with E-state index < -0.39 is 0 Å². The summed E-state index contributed by atoms with van der Waals surface area (Å²) in [5.41, 5.74) is 2.42. The van der Waals surface area contributed by atoms with Crippen molar-refractivity contribution in [3.05, 3.63) is 46.2 Å². The van der Waals surface area contributed by atoms with Crippen LogP contribution in [0, 0.1) is 0 Å². The summed E-state index contributed by atoms with van der Waals surface area (Å²) in [7, 11) is 3.34. The monoisotopic (exact) mass is 277 g/mol. The fraction of sp³-hybridized carbons (Fsp3) is 0.333. The van der Waals surface area contributed by atoms with Crippen LogP contribution < -0.4 is 14.8 Å². The SMILES string of the molecule is CCNC(c1ccsc1)c1cc(OC)cc(OC)c1. The molecule has 1 aromatic heterocycles. The lowest BCUT2D eigenvalue weighted by atomic mass is 10.0. The van der Waals surface area contributed by atoms with Gasteiger partial charge in [-0.05, 0) is 46.6 Å². The molecule has 4 heteroatoms. The molecule has 2 aromatic rings. The topological polar surface area (TPSA) is 30.5 Å². The zero-order chi connectivity index (χ0) is 13.7. The lowest BCUT2D eigenvalue weighted by Crippen LogP contribution is -2.21. The van der Waals surface area contributed by atoms with Crippen LogP contribution in [0.3, 0.4) is 0 Å². The predicted octanol–water partition coefficient (Wildman–Crippen LogP) is 3.46. The average molecular weight is 277 g/mol. The van der Waals surface area contributed by atoms with Crippen LogP contribution in [-0.4, -0.2) is 20.8 Å². The second-order valence-corrected chi connectivity index (χ2v) is 4.97. The predicted molar refractivity (Wildman–Crippen MR) is 79.4 cm³/mol. The molecule has 0 aliphatic rings.